The lowest BCUT2D eigenvalue weighted by Gasteiger charge is -2.06. The Morgan fingerprint density at radius 3 is 3.00 bits per heavy atom. The first kappa shape index (κ1) is 11.7. The van der Waals surface area contributed by atoms with E-state index in [1.54, 1.807) is 17.9 Å². The molecule has 0 amide bonds. The number of aromatic nitrogens is 3. The van der Waals surface area contributed by atoms with E-state index in [0.717, 1.165) is 4.88 Å². The average molecular weight is 251 g/mol. The van der Waals surface area contributed by atoms with Gasteiger partial charge in [0.25, 0.3) is 5.56 Å². The predicted molar refractivity (Wildman–Crippen MR) is 67.3 cm³/mol. The Morgan fingerprint density at radius 1 is 1.47 bits per heavy atom. The summed E-state index contributed by atoms with van der Waals surface area (Å²) in [4.78, 5) is 16.7. The highest BCUT2D eigenvalue weighted by Crippen LogP contribution is 2.06. The van der Waals surface area contributed by atoms with E-state index in [2.05, 4.69) is 15.4 Å². The van der Waals surface area contributed by atoms with Crippen LogP contribution in [0.2, 0.25) is 0 Å². The Balaban J connectivity index is 2.12. The Bertz CT molecular complexity index is 522. The molecule has 6 nitrogen and oxygen atoms in total. The van der Waals surface area contributed by atoms with E-state index >= 15 is 0 Å². The van der Waals surface area contributed by atoms with Crippen molar-refractivity contribution in [3.63, 3.8) is 0 Å². The van der Waals surface area contributed by atoms with Gasteiger partial charge in [-0.25, -0.2) is 4.68 Å². The van der Waals surface area contributed by atoms with Crippen molar-refractivity contribution in [3.8, 4) is 0 Å². The maximum absolute atomic E-state index is 11.7. The van der Waals surface area contributed by atoms with Crippen LogP contribution in [0, 0.1) is 0 Å². The molecule has 2 heterocycles. The summed E-state index contributed by atoms with van der Waals surface area (Å²) in [6.45, 7) is 1.60. The molecule has 2 aromatic heterocycles. The summed E-state index contributed by atoms with van der Waals surface area (Å²) in [5, 5.41) is 7.10. The van der Waals surface area contributed by atoms with Crippen molar-refractivity contribution in [2.45, 2.75) is 6.54 Å². The number of anilines is 1. The number of nitrogens with zero attached hydrogens (tertiary/aromatic N) is 3. The molecule has 17 heavy (non-hydrogen) atoms. The summed E-state index contributed by atoms with van der Waals surface area (Å²) >= 11 is 1.50. The van der Waals surface area contributed by atoms with Crippen LogP contribution in [-0.2, 0) is 6.54 Å². The fourth-order valence-electron chi connectivity index (χ4n) is 1.33. The fourth-order valence-corrected chi connectivity index (χ4v) is 1.91. The lowest BCUT2D eigenvalue weighted by molar-refractivity contribution is 0.645. The first-order valence-corrected chi connectivity index (χ1v) is 6.06. The van der Waals surface area contributed by atoms with Crippen molar-refractivity contribution < 1.29 is 0 Å². The highest BCUT2D eigenvalue weighted by Gasteiger charge is 2.02. The summed E-state index contributed by atoms with van der Waals surface area (Å²) < 4.78 is 1.40. The van der Waals surface area contributed by atoms with Crippen LogP contribution in [0.25, 0.3) is 0 Å². The van der Waals surface area contributed by atoms with Crippen LogP contribution < -0.4 is 16.6 Å². The predicted octanol–water partition coefficient (Wildman–Crippen LogP) is 0.119. The standard InChI is InChI=1S/C10H13N5OS/c11-1-2-13-8-3-10(16)15(14-4-8)6-9-5-12-7-17-9/h3-5,7,13H,1-2,6,11H2. The van der Waals surface area contributed by atoms with Crippen molar-refractivity contribution in [3.05, 3.63) is 39.2 Å². The van der Waals surface area contributed by atoms with Gasteiger partial charge in [-0.1, -0.05) is 0 Å². The third-order valence-corrected chi connectivity index (χ3v) is 2.90. The van der Waals surface area contributed by atoms with Gasteiger partial charge in [0.05, 0.1) is 23.9 Å². The Morgan fingerprint density at radius 2 is 2.35 bits per heavy atom. The van der Waals surface area contributed by atoms with Crippen LogP contribution in [-0.4, -0.2) is 27.9 Å². The Labute approximate surface area is 102 Å². The minimum Gasteiger partial charge on any atom is -0.382 e. The van der Waals surface area contributed by atoms with Crippen LogP contribution >= 0.6 is 11.3 Å². The van der Waals surface area contributed by atoms with Crippen LogP contribution in [0.4, 0.5) is 5.69 Å². The Hall–Kier alpha value is -1.73. The monoisotopic (exact) mass is 251 g/mol. The zero-order valence-electron chi connectivity index (χ0n) is 9.17. The maximum Gasteiger partial charge on any atom is 0.269 e. The van der Waals surface area contributed by atoms with Crippen molar-refractivity contribution in [1.29, 1.82) is 0 Å². The van der Waals surface area contributed by atoms with Gasteiger partial charge in [0.2, 0.25) is 0 Å². The summed E-state index contributed by atoms with van der Waals surface area (Å²) in [6, 6.07) is 1.52. The number of nitrogens with two attached hydrogens (primary N) is 1. The van der Waals surface area contributed by atoms with E-state index in [1.165, 1.54) is 22.1 Å². The Kier molecular flexibility index (Phi) is 3.84. The summed E-state index contributed by atoms with van der Waals surface area (Å²) in [5.41, 5.74) is 7.65. The van der Waals surface area contributed by atoms with Gasteiger partial charge in [0, 0.05) is 30.2 Å². The molecular formula is C10H13N5OS. The van der Waals surface area contributed by atoms with Crippen LogP contribution in [0.5, 0.6) is 0 Å². The van der Waals surface area contributed by atoms with Gasteiger partial charge in [0.1, 0.15) is 0 Å². The quantitative estimate of drug-likeness (QED) is 0.788. The number of thiazole rings is 1. The molecule has 2 aromatic rings. The second-order valence-electron chi connectivity index (χ2n) is 3.42. The minimum absolute atomic E-state index is 0.138. The minimum atomic E-state index is -0.138. The van der Waals surface area contributed by atoms with Crippen LogP contribution in [0.15, 0.2) is 28.8 Å². The van der Waals surface area contributed by atoms with E-state index in [1.807, 2.05) is 0 Å². The highest BCUT2D eigenvalue weighted by molar-refractivity contribution is 7.09. The molecule has 0 saturated carbocycles. The first-order chi connectivity index (χ1) is 8.29. The van der Waals surface area contributed by atoms with Gasteiger partial charge in [-0.05, 0) is 0 Å². The van der Waals surface area contributed by atoms with E-state index in [-0.39, 0.29) is 5.56 Å². The first-order valence-electron chi connectivity index (χ1n) is 5.18. The molecule has 7 heteroatoms. The molecular weight excluding hydrogens is 238 g/mol. The van der Waals surface area contributed by atoms with Crippen molar-refractivity contribution >= 4 is 17.0 Å². The third kappa shape index (κ3) is 3.11. The molecule has 0 saturated heterocycles. The van der Waals surface area contributed by atoms with Crippen molar-refractivity contribution in [1.82, 2.24) is 14.8 Å². The molecule has 0 aliphatic heterocycles. The average Bonchev–Trinajstić information content (AvgIpc) is 2.82. The topological polar surface area (TPSA) is 85.8 Å². The summed E-state index contributed by atoms with van der Waals surface area (Å²) in [7, 11) is 0. The molecule has 0 aromatic carbocycles. The fraction of sp³-hybridized carbons (Fsp3) is 0.300. The van der Waals surface area contributed by atoms with Crippen LogP contribution in [0.1, 0.15) is 4.88 Å². The molecule has 0 aliphatic rings. The molecule has 0 bridgehead atoms. The van der Waals surface area contributed by atoms with Gasteiger partial charge in [-0.2, -0.15) is 5.10 Å². The molecule has 3 N–H and O–H groups in total. The van der Waals surface area contributed by atoms with E-state index in [9.17, 15) is 4.79 Å². The zero-order valence-corrected chi connectivity index (χ0v) is 9.98. The molecule has 0 spiro atoms. The highest BCUT2D eigenvalue weighted by atomic mass is 32.1. The normalized spacial score (nSPS) is 10.4. The van der Waals surface area contributed by atoms with Crippen molar-refractivity contribution in [2.75, 3.05) is 18.4 Å². The molecule has 90 valence electrons. The molecule has 0 aliphatic carbocycles. The van der Waals surface area contributed by atoms with Crippen molar-refractivity contribution in [2.24, 2.45) is 5.73 Å². The third-order valence-electron chi connectivity index (χ3n) is 2.13. The van der Waals surface area contributed by atoms with Gasteiger partial charge in [-0.15, -0.1) is 11.3 Å². The lowest BCUT2D eigenvalue weighted by Crippen LogP contribution is -2.23. The molecule has 0 atom stereocenters. The van der Waals surface area contributed by atoms with E-state index in [0.29, 0.717) is 25.3 Å². The number of hydrogen-bond acceptors (Lipinski definition) is 6. The van der Waals surface area contributed by atoms with Gasteiger partial charge in [-0.3, -0.25) is 9.78 Å². The SMILES string of the molecule is NCCNc1cnn(Cc2cncs2)c(=O)c1. The largest absolute Gasteiger partial charge is 0.382 e. The second-order valence-corrected chi connectivity index (χ2v) is 4.39. The number of hydrogen-bond donors (Lipinski definition) is 2. The molecule has 0 radical (unpaired) electrons. The molecule has 0 fully saturated rings. The molecule has 2 rings (SSSR count). The number of nitrogens with one attached hydrogen (secondary N) is 1. The molecule has 0 unspecified atom stereocenters. The summed E-state index contributed by atoms with van der Waals surface area (Å²) in [6.07, 6.45) is 3.36. The van der Waals surface area contributed by atoms with Gasteiger partial charge < -0.3 is 11.1 Å². The van der Waals surface area contributed by atoms with E-state index < -0.39 is 0 Å². The second kappa shape index (κ2) is 5.55. The summed E-state index contributed by atoms with van der Waals surface area (Å²) in [5.74, 6) is 0. The van der Waals surface area contributed by atoms with Gasteiger partial charge >= 0.3 is 0 Å². The maximum atomic E-state index is 11.7. The van der Waals surface area contributed by atoms with Gasteiger partial charge in [0.15, 0.2) is 0 Å². The van der Waals surface area contributed by atoms with E-state index in [4.69, 9.17) is 5.73 Å². The number of rotatable bonds is 5. The van der Waals surface area contributed by atoms with Crippen LogP contribution in [0.3, 0.4) is 0 Å². The lowest BCUT2D eigenvalue weighted by atomic mass is 10.4. The zero-order chi connectivity index (χ0) is 12.1. The smallest absolute Gasteiger partial charge is 0.269 e.